The first-order chi connectivity index (χ1) is 9.19. The van der Waals surface area contributed by atoms with Crippen LogP contribution < -0.4 is 10.1 Å². The van der Waals surface area contributed by atoms with Gasteiger partial charge in [-0.1, -0.05) is 18.2 Å². The van der Waals surface area contributed by atoms with Gasteiger partial charge in [0.25, 0.3) is 0 Å². The molecule has 4 nitrogen and oxygen atoms in total. The van der Waals surface area contributed by atoms with Crippen LogP contribution in [0.1, 0.15) is 12.5 Å². The topological polar surface area (TPSA) is 54.4 Å². The Kier molecular flexibility index (Phi) is 4.63. The summed E-state index contributed by atoms with van der Waals surface area (Å²) in [6.45, 7) is 3.02. The van der Waals surface area contributed by atoms with E-state index in [9.17, 15) is 5.11 Å². The van der Waals surface area contributed by atoms with Gasteiger partial charge < -0.3 is 15.2 Å². The third kappa shape index (κ3) is 3.86. The number of benzene rings is 1. The molecule has 2 rings (SSSR count). The SMILES string of the molecule is CCOc1cc(NCc2ccccc2O)cc(Br)n1. The molecule has 0 aliphatic rings. The molecule has 0 aliphatic carbocycles. The molecule has 0 spiro atoms. The number of hydrogen-bond donors (Lipinski definition) is 2. The second-order valence-electron chi connectivity index (χ2n) is 3.93. The standard InChI is InChI=1S/C14H15BrN2O2/c1-2-19-14-8-11(7-13(15)17-14)16-9-10-5-3-4-6-12(10)18/h3-8,18H,2,9H2,1H3,(H,16,17). The first-order valence-corrected chi connectivity index (χ1v) is 6.79. The van der Waals surface area contributed by atoms with Gasteiger partial charge in [-0.3, -0.25) is 0 Å². The molecule has 19 heavy (non-hydrogen) atoms. The maximum atomic E-state index is 9.70. The Morgan fingerprint density at radius 3 is 2.84 bits per heavy atom. The smallest absolute Gasteiger partial charge is 0.216 e. The molecule has 2 aromatic rings. The average Bonchev–Trinajstić information content (AvgIpc) is 2.37. The molecule has 1 aromatic heterocycles. The number of para-hydroxylation sites is 1. The fraction of sp³-hybridized carbons (Fsp3) is 0.214. The van der Waals surface area contributed by atoms with Crippen molar-refractivity contribution < 1.29 is 9.84 Å². The highest BCUT2D eigenvalue weighted by Gasteiger charge is 2.03. The molecule has 1 heterocycles. The summed E-state index contributed by atoms with van der Waals surface area (Å²) < 4.78 is 6.08. The maximum Gasteiger partial charge on any atom is 0.216 e. The second kappa shape index (κ2) is 6.43. The molecule has 0 unspecified atom stereocenters. The highest BCUT2D eigenvalue weighted by Crippen LogP contribution is 2.22. The van der Waals surface area contributed by atoms with Crippen molar-refractivity contribution in [3.8, 4) is 11.6 Å². The van der Waals surface area contributed by atoms with Crippen LogP contribution in [0, 0.1) is 0 Å². The van der Waals surface area contributed by atoms with Gasteiger partial charge >= 0.3 is 0 Å². The number of ether oxygens (including phenoxy) is 1. The largest absolute Gasteiger partial charge is 0.508 e. The van der Waals surface area contributed by atoms with E-state index in [-0.39, 0.29) is 5.75 Å². The van der Waals surface area contributed by atoms with Crippen molar-refractivity contribution in [2.24, 2.45) is 0 Å². The minimum atomic E-state index is 0.285. The van der Waals surface area contributed by atoms with E-state index in [1.165, 1.54) is 0 Å². The van der Waals surface area contributed by atoms with Crippen molar-refractivity contribution in [2.45, 2.75) is 13.5 Å². The van der Waals surface area contributed by atoms with Crippen molar-refractivity contribution in [1.82, 2.24) is 4.98 Å². The van der Waals surface area contributed by atoms with Crippen LogP contribution in [0.15, 0.2) is 41.0 Å². The van der Waals surface area contributed by atoms with E-state index in [0.717, 1.165) is 11.3 Å². The number of nitrogens with one attached hydrogen (secondary N) is 1. The van der Waals surface area contributed by atoms with Crippen LogP contribution in [0.25, 0.3) is 0 Å². The zero-order chi connectivity index (χ0) is 13.7. The number of halogens is 1. The maximum absolute atomic E-state index is 9.70. The predicted octanol–water partition coefficient (Wildman–Crippen LogP) is 3.56. The number of aromatic hydroxyl groups is 1. The molecular formula is C14H15BrN2O2. The number of hydrogen-bond acceptors (Lipinski definition) is 4. The molecule has 0 radical (unpaired) electrons. The molecule has 0 saturated heterocycles. The summed E-state index contributed by atoms with van der Waals surface area (Å²) in [7, 11) is 0. The lowest BCUT2D eigenvalue weighted by Gasteiger charge is -2.10. The summed E-state index contributed by atoms with van der Waals surface area (Å²) >= 11 is 3.34. The Morgan fingerprint density at radius 1 is 1.32 bits per heavy atom. The number of anilines is 1. The summed E-state index contributed by atoms with van der Waals surface area (Å²) in [5.41, 5.74) is 1.72. The van der Waals surface area contributed by atoms with Gasteiger partial charge in [0.1, 0.15) is 10.4 Å². The van der Waals surface area contributed by atoms with Gasteiger partial charge in [-0.2, -0.15) is 0 Å². The minimum absolute atomic E-state index is 0.285. The fourth-order valence-corrected chi connectivity index (χ4v) is 2.08. The number of pyridine rings is 1. The molecule has 0 bridgehead atoms. The Hall–Kier alpha value is -1.75. The van der Waals surface area contributed by atoms with Crippen LogP contribution in [0.5, 0.6) is 11.6 Å². The zero-order valence-corrected chi connectivity index (χ0v) is 12.1. The molecule has 0 amide bonds. The Morgan fingerprint density at radius 2 is 2.11 bits per heavy atom. The molecule has 0 atom stereocenters. The van der Waals surface area contributed by atoms with E-state index < -0.39 is 0 Å². The Bertz CT molecular complexity index is 561. The molecule has 0 fully saturated rings. The monoisotopic (exact) mass is 322 g/mol. The number of phenols is 1. The summed E-state index contributed by atoms with van der Waals surface area (Å²) in [6, 6.07) is 10.9. The molecule has 5 heteroatoms. The molecule has 100 valence electrons. The van der Waals surface area contributed by atoms with Crippen molar-refractivity contribution in [3.05, 3.63) is 46.6 Å². The molecule has 0 aliphatic heterocycles. The van der Waals surface area contributed by atoms with E-state index in [2.05, 4.69) is 26.2 Å². The summed E-state index contributed by atoms with van der Waals surface area (Å²) in [5, 5.41) is 12.9. The van der Waals surface area contributed by atoms with Crippen LogP contribution in [0.4, 0.5) is 5.69 Å². The van der Waals surface area contributed by atoms with Crippen LogP contribution in [-0.2, 0) is 6.54 Å². The minimum Gasteiger partial charge on any atom is -0.508 e. The lowest BCUT2D eigenvalue weighted by atomic mass is 10.2. The predicted molar refractivity (Wildman–Crippen MR) is 78.5 cm³/mol. The molecule has 0 saturated carbocycles. The van der Waals surface area contributed by atoms with Crippen molar-refractivity contribution in [1.29, 1.82) is 0 Å². The first kappa shape index (κ1) is 13.7. The van der Waals surface area contributed by atoms with Gasteiger partial charge in [-0.25, -0.2) is 4.98 Å². The highest BCUT2D eigenvalue weighted by molar-refractivity contribution is 9.10. The number of rotatable bonds is 5. The summed E-state index contributed by atoms with van der Waals surface area (Å²) in [6.07, 6.45) is 0. The van der Waals surface area contributed by atoms with Crippen LogP contribution >= 0.6 is 15.9 Å². The lowest BCUT2D eigenvalue weighted by molar-refractivity contribution is 0.326. The van der Waals surface area contributed by atoms with Gasteiger partial charge in [0.05, 0.1) is 6.61 Å². The van der Waals surface area contributed by atoms with Gasteiger partial charge in [0.2, 0.25) is 5.88 Å². The van der Waals surface area contributed by atoms with E-state index in [1.807, 2.05) is 31.2 Å². The van der Waals surface area contributed by atoms with E-state index in [1.54, 1.807) is 12.1 Å². The fourth-order valence-electron chi connectivity index (χ4n) is 1.65. The number of nitrogens with zero attached hydrogens (tertiary/aromatic N) is 1. The van der Waals surface area contributed by atoms with Crippen molar-refractivity contribution >= 4 is 21.6 Å². The Labute approximate surface area is 120 Å². The zero-order valence-electron chi connectivity index (χ0n) is 10.6. The van der Waals surface area contributed by atoms with Crippen LogP contribution in [0.2, 0.25) is 0 Å². The third-order valence-corrected chi connectivity index (χ3v) is 2.94. The number of phenolic OH excluding ortho intramolecular Hbond substituents is 1. The summed E-state index contributed by atoms with van der Waals surface area (Å²) in [4.78, 5) is 4.20. The molecule has 1 aromatic carbocycles. The third-order valence-electron chi connectivity index (χ3n) is 2.54. The van der Waals surface area contributed by atoms with Gasteiger partial charge in [0.15, 0.2) is 0 Å². The van der Waals surface area contributed by atoms with Crippen LogP contribution in [-0.4, -0.2) is 16.7 Å². The van der Waals surface area contributed by atoms with Crippen LogP contribution in [0.3, 0.4) is 0 Å². The van der Waals surface area contributed by atoms with Crippen molar-refractivity contribution in [2.75, 3.05) is 11.9 Å². The van der Waals surface area contributed by atoms with Gasteiger partial charge in [-0.05, 0) is 35.0 Å². The normalized spacial score (nSPS) is 10.2. The Balaban J connectivity index is 2.09. The quantitative estimate of drug-likeness (QED) is 0.826. The molecular weight excluding hydrogens is 308 g/mol. The average molecular weight is 323 g/mol. The van der Waals surface area contributed by atoms with Crippen molar-refractivity contribution in [3.63, 3.8) is 0 Å². The summed E-state index contributed by atoms with van der Waals surface area (Å²) in [5.74, 6) is 0.852. The van der Waals surface area contributed by atoms with E-state index in [0.29, 0.717) is 23.6 Å². The van der Waals surface area contributed by atoms with Gasteiger partial charge in [-0.15, -0.1) is 0 Å². The van der Waals surface area contributed by atoms with Gasteiger partial charge in [0, 0.05) is 23.9 Å². The second-order valence-corrected chi connectivity index (χ2v) is 4.74. The first-order valence-electron chi connectivity index (χ1n) is 6.00. The van der Waals surface area contributed by atoms with E-state index >= 15 is 0 Å². The number of aromatic nitrogens is 1. The van der Waals surface area contributed by atoms with E-state index in [4.69, 9.17) is 4.74 Å². The molecule has 2 N–H and O–H groups in total. The lowest BCUT2D eigenvalue weighted by Crippen LogP contribution is -2.01. The highest BCUT2D eigenvalue weighted by atomic mass is 79.9.